The summed E-state index contributed by atoms with van der Waals surface area (Å²) < 4.78 is 39.7. The number of hydrogen-bond acceptors (Lipinski definition) is 2. The molecule has 2 rings (SSSR count). The minimum Gasteiger partial charge on any atom is -0.351 e. The molecule has 0 heterocycles. The fourth-order valence-electron chi connectivity index (χ4n) is 1.62. The third-order valence-electron chi connectivity index (χ3n) is 2.69. The second-order valence-electron chi connectivity index (χ2n) is 4.23. The molecule has 2 nitrogen and oxygen atoms in total. The Balaban J connectivity index is 1.85. The minimum absolute atomic E-state index is 0.0533. The zero-order valence-corrected chi connectivity index (χ0v) is 11.7. The second kappa shape index (κ2) is 7.17. The van der Waals surface area contributed by atoms with Gasteiger partial charge in [-0.15, -0.1) is 11.8 Å². The van der Waals surface area contributed by atoms with Gasteiger partial charge >= 0.3 is 0 Å². The lowest BCUT2D eigenvalue weighted by atomic mass is 10.2. The second-order valence-corrected chi connectivity index (χ2v) is 5.25. The van der Waals surface area contributed by atoms with Crippen LogP contribution < -0.4 is 5.32 Å². The van der Waals surface area contributed by atoms with Crippen LogP contribution in [0.15, 0.2) is 47.4 Å². The Morgan fingerprint density at radius 3 is 2.57 bits per heavy atom. The van der Waals surface area contributed by atoms with Crippen LogP contribution in [0.2, 0.25) is 0 Å². The number of hydrogen-bond donors (Lipinski definition) is 1. The van der Waals surface area contributed by atoms with E-state index in [4.69, 9.17) is 0 Å². The molecule has 1 amide bonds. The maximum atomic E-state index is 13.4. The Morgan fingerprint density at radius 1 is 1.05 bits per heavy atom. The maximum Gasteiger partial charge on any atom is 0.230 e. The third kappa shape index (κ3) is 4.53. The molecule has 0 fully saturated rings. The van der Waals surface area contributed by atoms with Crippen molar-refractivity contribution >= 4 is 17.7 Å². The zero-order chi connectivity index (χ0) is 15.2. The Morgan fingerprint density at radius 2 is 1.81 bits per heavy atom. The van der Waals surface area contributed by atoms with Gasteiger partial charge in [-0.1, -0.05) is 18.2 Å². The number of thioether (sulfide) groups is 1. The molecule has 2 aromatic carbocycles. The van der Waals surface area contributed by atoms with Crippen LogP contribution in [0.3, 0.4) is 0 Å². The monoisotopic (exact) mass is 311 g/mol. The van der Waals surface area contributed by atoms with Crippen LogP contribution in [0.25, 0.3) is 0 Å². The summed E-state index contributed by atoms with van der Waals surface area (Å²) >= 11 is 0.888. The molecule has 0 spiro atoms. The predicted molar refractivity (Wildman–Crippen MR) is 75.3 cm³/mol. The molecular formula is C15H12F3NOS. The smallest absolute Gasteiger partial charge is 0.230 e. The highest BCUT2D eigenvalue weighted by molar-refractivity contribution is 8.00. The van der Waals surface area contributed by atoms with Gasteiger partial charge < -0.3 is 5.32 Å². The average molecular weight is 311 g/mol. The van der Waals surface area contributed by atoms with Gasteiger partial charge in [0.25, 0.3) is 0 Å². The van der Waals surface area contributed by atoms with E-state index in [0.29, 0.717) is 5.56 Å². The molecule has 1 N–H and O–H groups in total. The predicted octanol–water partition coefficient (Wildman–Crippen LogP) is 3.51. The van der Waals surface area contributed by atoms with E-state index in [1.165, 1.54) is 6.07 Å². The van der Waals surface area contributed by atoms with Gasteiger partial charge in [0.05, 0.1) is 5.75 Å². The number of amides is 1. The molecule has 110 valence electrons. The number of nitrogens with one attached hydrogen (secondary N) is 1. The van der Waals surface area contributed by atoms with E-state index in [-0.39, 0.29) is 23.1 Å². The molecule has 0 saturated carbocycles. The number of rotatable bonds is 5. The third-order valence-corrected chi connectivity index (χ3v) is 3.72. The first-order chi connectivity index (χ1) is 10.1. The molecule has 2 aromatic rings. The van der Waals surface area contributed by atoms with Crippen molar-refractivity contribution in [2.75, 3.05) is 5.75 Å². The van der Waals surface area contributed by atoms with Crippen LogP contribution in [-0.4, -0.2) is 11.7 Å². The summed E-state index contributed by atoms with van der Waals surface area (Å²) in [5.41, 5.74) is 0.368. The summed E-state index contributed by atoms with van der Waals surface area (Å²) in [5.74, 6) is -2.00. The lowest BCUT2D eigenvalue weighted by molar-refractivity contribution is -0.118. The van der Waals surface area contributed by atoms with Crippen molar-refractivity contribution in [3.8, 4) is 0 Å². The van der Waals surface area contributed by atoms with Crippen LogP contribution in [0.1, 0.15) is 5.56 Å². The fourth-order valence-corrected chi connectivity index (χ4v) is 2.41. The normalized spacial score (nSPS) is 10.4. The highest BCUT2D eigenvalue weighted by Gasteiger charge is 2.09. The molecule has 0 atom stereocenters. The van der Waals surface area contributed by atoms with Crippen molar-refractivity contribution < 1.29 is 18.0 Å². The van der Waals surface area contributed by atoms with Gasteiger partial charge in [0, 0.05) is 17.0 Å². The van der Waals surface area contributed by atoms with Gasteiger partial charge in [0.2, 0.25) is 5.91 Å². The fraction of sp³-hybridized carbons (Fsp3) is 0.133. The van der Waals surface area contributed by atoms with E-state index in [1.807, 2.05) is 0 Å². The van der Waals surface area contributed by atoms with Crippen LogP contribution in [-0.2, 0) is 11.3 Å². The largest absolute Gasteiger partial charge is 0.351 e. The molecule has 0 aliphatic carbocycles. The highest BCUT2D eigenvalue weighted by atomic mass is 32.2. The van der Waals surface area contributed by atoms with Gasteiger partial charge in [0.1, 0.15) is 17.5 Å². The molecule has 0 saturated heterocycles. The van der Waals surface area contributed by atoms with Crippen LogP contribution in [0.5, 0.6) is 0 Å². The minimum atomic E-state index is -0.580. The number of carbonyl (C=O) groups is 1. The Hall–Kier alpha value is -1.95. The first-order valence-electron chi connectivity index (χ1n) is 6.14. The highest BCUT2D eigenvalue weighted by Crippen LogP contribution is 2.22. The van der Waals surface area contributed by atoms with Crippen molar-refractivity contribution in [1.29, 1.82) is 0 Å². The summed E-state index contributed by atoms with van der Waals surface area (Å²) in [5, 5.41) is 2.53. The van der Waals surface area contributed by atoms with Crippen molar-refractivity contribution in [3.63, 3.8) is 0 Å². The van der Waals surface area contributed by atoms with Gasteiger partial charge in [-0.3, -0.25) is 4.79 Å². The molecule has 21 heavy (non-hydrogen) atoms. The van der Waals surface area contributed by atoms with Crippen LogP contribution >= 0.6 is 11.8 Å². The standard InChI is InChI=1S/C15H12F3NOS/c16-11-5-6-13(18)14(7-11)21-9-15(20)19-8-10-3-1-2-4-12(10)17/h1-7H,8-9H2,(H,19,20). The van der Waals surface area contributed by atoms with Crippen molar-refractivity contribution in [3.05, 3.63) is 65.5 Å². The lowest BCUT2D eigenvalue weighted by Gasteiger charge is -2.07. The van der Waals surface area contributed by atoms with Crippen LogP contribution in [0, 0.1) is 17.5 Å². The number of carbonyl (C=O) groups excluding carboxylic acids is 1. The van der Waals surface area contributed by atoms with E-state index in [1.54, 1.807) is 18.2 Å². The number of halogens is 3. The maximum absolute atomic E-state index is 13.4. The van der Waals surface area contributed by atoms with E-state index >= 15 is 0 Å². The summed E-state index contributed by atoms with van der Waals surface area (Å²) in [4.78, 5) is 11.7. The Kier molecular flexibility index (Phi) is 5.27. The van der Waals surface area contributed by atoms with Crippen LogP contribution in [0.4, 0.5) is 13.2 Å². The van der Waals surface area contributed by atoms with Crippen molar-refractivity contribution in [2.24, 2.45) is 0 Å². The zero-order valence-electron chi connectivity index (χ0n) is 10.9. The summed E-state index contributed by atoms with van der Waals surface area (Å²) in [7, 11) is 0. The van der Waals surface area contributed by atoms with Gasteiger partial charge in [-0.25, -0.2) is 13.2 Å². The molecule has 0 aliphatic rings. The summed E-state index contributed by atoms with van der Waals surface area (Å²) in [6.45, 7) is 0.0533. The molecule has 0 radical (unpaired) electrons. The molecule has 0 unspecified atom stereocenters. The summed E-state index contributed by atoms with van der Waals surface area (Å²) in [6.07, 6.45) is 0. The van der Waals surface area contributed by atoms with E-state index < -0.39 is 17.5 Å². The Bertz CT molecular complexity index is 649. The van der Waals surface area contributed by atoms with E-state index in [0.717, 1.165) is 30.0 Å². The average Bonchev–Trinajstić information content (AvgIpc) is 2.47. The molecule has 0 aromatic heterocycles. The van der Waals surface area contributed by atoms with Gasteiger partial charge in [0.15, 0.2) is 0 Å². The van der Waals surface area contributed by atoms with Crippen molar-refractivity contribution in [2.45, 2.75) is 11.4 Å². The topological polar surface area (TPSA) is 29.1 Å². The van der Waals surface area contributed by atoms with E-state index in [9.17, 15) is 18.0 Å². The van der Waals surface area contributed by atoms with E-state index in [2.05, 4.69) is 5.32 Å². The van der Waals surface area contributed by atoms with Gasteiger partial charge in [-0.05, 0) is 24.3 Å². The Labute approximate surface area is 124 Å². The first kappa shape index (κ1) is 15.4. The molecule has 0 aliphatic heterocycles. The molecular weight excluding hydrogens is 299 g/mol. The molecule has 6 heteroatoms. The molecule has 0 bridgehead atoms. The first-order valence-corrected chi connectivity index (χ1v) is 7.13. The van der Waals surface area contributed by atoms with Crippen molar-refractivity contribution in [1.82, 2.24) is 5.32 Å². The quantitative estimate of drug-likeness (QED) is 0.856. The SMILES string of the molecule is O=C(CSc1cc(F)ccc1F)NCc1ccccc1F. The lowest BCUT2D eigenvalue weighted by Crippen LogP contribution is -2.25. The summed E-state index contributed by atoms with van der Waals surface area (Å²) in [6, 6.07) is 9.15. The van der Waals surface area contributed by atoms with Gasteiger partial charge in [-0.2, -0.15) is 0 Å². The number of benzene rings is 2.